The molecule has 1 rings (SSSR count). The van der Waals surface area contributed by atoms with Gasteiger partial charge in [0.1, 0.15) is 0 Å². The first-order valence-electron chi connectivity index (χ1n) is 6.80. The summed E-state index contributed by atoms with van der Waals surface area (Å²) < 4.78 is 25.1. The second kappa shape index (κ2) is 8.12. The van der Waals surface area contributed by atoms with Crippen LogP contribution in [0.15, 0.2) is 18.2 Å². The van der Waals surface area contributed by atoms with Crippen LogP contribution in [-0.2, 0) is 4.74 Å². The van der Waals surface area contributed by atoms with E-state index in [9.17, 15) is 4.39 Å². The lowest BCUT2D eigenvalue weighted by Crippen LogP contribution is -2.32. The minimum atomic E-state index is -0.315. The van der Waals surface area contributed by atoms with E-state index >= 15 is 0 Å². The molecule has 4 heteroatoms. The summed E-state index contributed by atoms with van der Waals surface area (Å²) in [5.41, 5.74) is 0.591. The van der Waals surface area contributed by atoms with Crippen molar-refractivity contribution in [1.82, 2.24) is 5.32 Å². The fourth-order valence-corrected chi connectivity index (χ4v) is 2.31. The molecular weight excluding hydrogens is 245 g/mol. The summed E-state index contributed by atoms with van der Waals surface area (Å²) in [7, 11) is 3.30. The van der Waals surface area contributed by atoms with Gasteiger partial charge in [0.15, 0.2) is 11.6 Å². The highest BCUT2D eigenvalue weighted by molar-refractivity contribution is 5.33. The monoisotopic (exact) mass is 269 g/mol. The van der Waals surface area contributed by atoms with E-state index in [0.29, 0.717) is 12.2 Å². The molecule has 0 aliphatic carbocycles. The Morgan fingerprint density at radius 2 is 2.05 bits per heavy atom. The maximum absolute atomic E-state index is 14.3. The molecule has 0 bridgehead atoms. The quantitative estimate of drug-likeness (QED) is 0.785. The maximum atomic E-state index is 14.3. The van der Waals surface area contributed by atoms with Crippen LogP contribution >= 0.6 is 0 Å². The number of ether oxygens (including phenoxy) is 2. The van der Waals surface area contributed by atoms with E-state index in [1.54, 1.807) is 18.2 Å². The molecule has 2 unspecified atom stereocenters. The molecule has 0 aromatic heterocycles. The van der Waals surface area contributed by atoms with Gasteiger partial charge >= 0.3 is 0 Å². The van der Waals surface area contributed by atoms with Crippen LogP contribution in [0.1, 0.15) is 38.3 Å². The summed E-state index contributed by atoms with van der Waals surface area (Å²) in [6.45, 7) is 4.67. The van der Waals surface area contributed by atoms with Crippen molar-refractivity contribution in [1.29, 1.82) is 0 Å². The van der Waals surface area contributed by atoms with Gasteiger partial charge in [0.2, 0.25) is 0 Å². The van der Waals surface area contributed by atoms with Crippen LogP contribution in [0.2, 0.25) is 0 Å². The van der Waals surface area contributed by atoms with Crippen molar-refractivity contribution >= 4 is 0 Å². The fourth-order valence-electron chi connectivity index (χ4n) is 2.31. The number of halogens is 1. The Morgan fingerprint density at radius 1 is 1.32 bits per heavy atom. The van der Waals surface area contributed by atoms with E-state index in [-0.39, 0.29) is 23.7 Å². The molecule has 0 fully saturated rings. The Kier molecular flexibility index (Phi) is 6.81. The molecule has 1 aromatic rings. The predicted octanol–water partition coefficient (Wildman–Crippen LogP) is 3.30. The number of methoxy groups -OCH3 is 1. The number of hydrogen-bond acceptors (Lipinski definition) is 3. The first-order valence-corrected chi connectivity index (χ1v) is 6.80. The molecule has 0 radical (unpaired) electrons. The minimum absolute atomic E-state index is 0.0402. The molecule has 0 saturated heterocycles. The van der Waals surface area contributed by atoms with Crippen molar-refractivity contribution in [2.75, 3.05) is 20.8 Å². The molecule has 3 nitrogen and oxygen atoms in total. The van der Waals surface area contributed by atoms with E-state index < -0.39 is 0 Å². The topological polar surface area (TPSA) is 30.5 Å². The van der Waals surface area contributed by atoms with Gasteiger partial charge in [-0.15, -0.1) is 0 Å². The second-order valence-electron chi connectivity index (χ2n) is 4.41. The van der Waals surface area contributed by atoms with Crippen molar-refractivity contribution in [2.45, 2.75) is 38.8 Å². The Bertz CT molecular complexity index is 378. The van der Waals surface area contributed by atoms with Gasteiger partial charge in [-0.1, -0.05) is 25.5 Å². The fraction of sp³-hybridized carbons (Fsp3) is 0.600. The first-order chi connectivity index (χ1) is 9.19. The van der Waals surface area contributed by atoms with E-state index in [0.717, 1.165) is 12.8 Å². The molecular formula is C15H24FNO2. The van der Waals surface area contributed by atoms with Gasteiger partial charge < -0.3 is 14.8 Å². The molecule has 1 aromatic carbocycles. The van der Waals surface area contributed by atoms with Crippen LogP contribution in [0.5, 0.6) is 5.75 Å². The largest absolute Gasteiger partial charge is 0.494 e. The third-order valence-electron chi connectivity index (χ3n) is 3.18. The lowest BCUT2D eigenvalue weighted by Gasteiger charge is -2.27. The number of hydrogen-bond donors (Lipinski definition) is 1. The number of likely N-dealkylation sites (N-methyl/N-ethyl adjacent to an activating group) is 1. The molecule has 0 saturated carbocycles. The van der Waals surface area contributed by atoms with Crippen LogP contribution in [0.25, 0.3) is 0 Å². The Balaban J connectivity index is 3.06. The average Bonchev–Trinajstić information content (AvgIpc) is 2.42. The molecule has 1 N–H and O–H groups in total. The van der Waals surface area contributed by atoms with Crippen LogP contribution < -0.4 is 10.1 Å². The summed E-state index contributed by atoms with van der Waals surface area (Å²) >= 11 is 0. The second-order valence-corrected chi connectivity index (χ2v) is 4.41. The van der Waals surface area contributed by atoms with Crippen molar-refractivity contribution in [3.05, 3.63) is 29.6 Å². The Morgan fingerprint density at radius 3 is 2.58 bits per heavy atom. The molecule has 19 heavy (non-hydrogen) atoms. The summed E-state index contributed by atoms with van der Waals surface area (Å²) in [5.74, 6) is -0.0466. The molecule has 0 aliphatic heterocycles. The molecule has 0 amide bonds. The summed E-state index contributed by atoms with van der Waals surface area (Å²) in [6, 6.07) is 5.04. The molecule has 0 heterocycles. The van der Waals surface area contributed by atoms with Crippen molar-refractivity contribution in [3.8, 4) is 5.75 Å². The van der Waals surface area contributed by atoms with Gasteiger partial charge in [-0.25, -0.2) is 4.39 Å². The third kappa shape index (κ3) is 3.91. The van der Waals surface area contributed by atoms with Gasteiger partial charge in [-0.05, 0) is 26.5 Å². The number of nitrogens with one attached hydrogen (secondary N) is 1. The van der Waals surface area contributed by atoms with E-state index in [1.807, 2.05) is 14.0 Å². The van der Waals surface area contributed by atoms with Crippen LogP contribution in [0, 0.1) is 5.82 Å². The standard InChI is InChI=1S/C15H24FNO2/c1-5-8-13(19-6-2)15(17-3)11-9-7-10-12(18-4)14(11)16/h7,9-10,13,15,17H,5-6,8H2,1-4H3. The summed E-state index contributed by atoms with van der Waals surface area (Å²) in [4.78, 5) is 0. The van der Waals surface area contributed by atoms with E-state index in [2.05, 4.69) is 12.2 Å². The highest BCUT2D eigenvalue weighted by atomic mass is 19.1. The molecule has 2 atom stereocenters. The van der Waals surface area contributed by atoms with Crippen molar-refractivity contribution in [3.63, 3.8) is 0 Å². The first kappa shape index (κ1) is 15.9. The van der Waals surface area contributed by atoms with Gasteiger partial charge in [0, 0.05) is 12.2 Å². The predicted molar refractivity (Wildman–Crippen MR) is 75.1 cm³/mol. The SMILES string of the molecule is CCCC(OCC)C(NC)c1cccc(OC)c1F. The molecule has 0 aliphatic rings. The highest BCUT2D eigenvalue weighted by Gasteiger charge is 2.25. The summed E-state index contributed by atoms with van der Waals surface area (Å²) in [6.07, 6.45) is 1.84. The lowest BCUT2D eigenvalue weighted by molar-refractivity contribution is 0.0286. The zero-order chi connectivity index (χ0) is 14.3. The van der Waals surface area contributed by atoms with Crippen molar-refractivity contribution in [2.24, 2.45) is 0 Å². The normalized spacial score (nSPS) is 14.2. The Labute approximate surface area is 115 Å². The van der Waals surface area contributed by atoms with Crippen LogP contribution in [0.3, 0.4) is 0 Å². The Hall–Kier alpha value is -1.13. The smallest absolute Gasteiger partial charge is 0.169 e. The molecule has 108 valence electrons. The zero-order valence-electron chi connectivity index (χ0n) is 12.2. The maximum Gasteiger partial charge on any atom is 0.169 e. The van der Waals surface area contributed by atoms with E-state index in [4.69, 9.17) is 9.47 Å². The van der Waals surface area contributed by atoms with Crippen LogP contribution in [0.4, 0.5) is 4.39 Å². The third-order valence-corrected chi connectivity index (χ3v) is 3.18. The summed E-state index contributed by atoms with van der Waals surface area (Å²) in [5, 5.41) is 3.16. The van der Waals surface area contributed by atoms with Gasteiger partial charge in [0.25, 0.3) is 0 Å². The number of benzene rings is 1. The number of rotatable bonds is 8. The van der Waals surface area contributed by atoms with Gasteiger partial charge in [-0.3, -0.25) is 0 Å². The van der Waals surface area contributed by atoms with Gasteiger partial charge in [0.05, 0.1) is 19.3 Å². The molecule has 0 spiro atoms. The van der Waals surface area contributed by atoms with Crippen molar-refractivity contribution < 1.29 is 13.9 Å². The van der Waals surface area contributed by atoms with E-state index in [1.165, 1.54) is 7.11 Å². The highest BCUT2D eigenvalue weighted by Crippen LogP contribution is 2.29. The lowest BCUT2D eigenvalue weighted by atomic mass is 9.97. The van der Waals surface area contributed by atoms with Gasteiger partial charge in [-0.2, -0.15) is 0 Å². The average molecular weight is 269 g/mol. The minimum Gasteiger partial charge on any atom is -0.494 e. The van der Waals surface area contributed by atoms with Crippen LogP contribution in [-0.4, -0.2) is 26.9 Å². The zero-order valence-corrected chi connectivity index (χ0v) is 12.2.